The minimum atomic E-state index is 0.0289. The summed E-state index contributed by atoms with van der Waals surface area (Å²) < 4.78 is 1.76. The van der Waals surface area contributed by atoms with E-state index in [2.05, 4.69) is 10.1 Å². The Balaban J connectivity index is 2.90. The number of carbonyl (C=O) groups excluding carboxylic acids is 1. The molecule has 2 aromatic rings. The third kappa shape index (κ3) is 1.84. The van der Waals surface area contributed by atoms with Crippen molar-refractivity contribution < 1.29 is 4.79 Å². The quantitative estimate of drug-likeness (QED) is 0.746. The first-order valence-corrected chi connectivity index (χ1v) is 5.79. The van der Waals surface area contributed by atoms with Gasteiger partial charge in [0.15, 0.2) is 11.4 Å². The molecule has 0 aliphatic rings. The molecule has 0 N–H and O–H groups in total. The van der Waals surface area contributed by atoms with Gasteiger partial charge in [-0.15, -0.1) is 0 Å². The summed E-state index contributed by atoms with van der Waals surface area (Å²) in [6, 6.07) is 1.97. The third-order valence-corrected chi connectivity index (χ3v) is 2.82. The van der Waals surface area contributed by atoms with Crippen molar-refractivity contribution in [1.82, 2.24) is 14.6 Å². The molecule has 0 radical (unpaired) electrons. The van der Waals surface area contributed by atoms with Gasteiger partial charge in [0.05, 0.1) is 11.3 Å². The van der Waals surface area contributed by atoms with E-state index in [0.717, 1.165) is 17.1 Å². The minimum absolute atomic E-state index is 0.0289. The van der Waals surface area contributed by atoms with Crippen LogP contribution in [0, 0.1) is 13.8 Å². The topological polar surface area (TPSA) is 47.3 Å². The molecule has 4 heteroatoms. The van der Waals surface area contributed by atoms with Gasteiger partial charge in [0.2, 0.25) is 0 Å². The lowest BCUT2D eigenvalue weighted by atomic mass is 10.0. The molecule has 2 aromatic heterocycles. The second-order valence-electron chi connectivity index (χ2n) is 4.75. The summed E-state index contributed by atoms with van der Waals surface area (Å²) >= 11 is 0. The Morgan fingerprint density at radius 1 is 1.35 bits per heavy atom. The predicted molar refractivity (Wildman–Crippen MR) is 66.6 cm³/mol. The minimum Gasteiger partial charge on any atom is -0.294 e. The van der Waals surface area contributed by atoms with E-state index >= 15 is 0 Å². The molecule has 0 aliphatic carbocycles. The Kier molecular flexibility index (Phi) is 2.73. The van der Waals surface area contributed by atoms with Crippen molar-refractivity contribution in [2.24, 2.45) is 0 Å². The maximum atomic E-state index is 11.8. The highest BCUT2D eigenvalue weighted by molar-refractivity contribution is 6.01. The van der Waals surface area contributed by atoms with Crippen LogP contribution in [0.15, 0.2) is 6.07 Å². The van der Waals surface area contributed by atoms with E-state index < -0.39 is 0 Å². The van der Waals surface area contributed by atoms with Crippen LogP contribution in [0.3, 0.4) is 0 Å². The van der Waals surface area contributed by atoms with E-state index in [4.69, 9.17) is 0 Å². The molecule has 0 bridgehead atoms. The Labute approximate surface area is 101 Å². The number of nitrogens with zero attached hydrogens (tertiary/aromatic N) is 3. The smallest absolute Gasteiger partial charge is 0.166 e. The second-order valence-corrected chi connectivity index (χ2v) is 4.75. The van der Waals surface area contributed by atoms with Gasteiger partial charge in [-0.2, -0.15) is 5.10 Å². The van der Waals surface area contributed by atoms with Gasteiger partial charge >= 0.3 is 0 Å². The van der Waals surface area contributed by atoms with Crippen LogP contribution >= 0.6 is 0 Å². The monoisotopic (exact) mass is 231 g/mol. The third-order valence-electron chi connectivity index (χ3n) is 2.82. The number of fused-ring (bicyclic) bond motifs is 1. The van der Waals surface area contributed by atoms with Gasteiger partial charge in [-0.05, 0) is 32.8 Å². The van der Waals surface area contributed by atoms with Crippen molar-refractivity contribution in [3.8, 4) is 0 Å². The fourth-order valence-electron chi connectivity index (χ4n) is 2.08. The van der Waals surface area contributed by atoms with Crippen molar-refractivity contribution in [1.29, 1.82) is 0 Å². The van der Waals surface area contributed by atoms with E-state index in [-0.39, 0.29) is 11.7 Å². The molecule has 17 heavy (non-hydrogen) atoms. The van der Waals surface area contributed by atoms with Crippen molar-refractivity contribution in [2.45, 2.75) is 40.5 Å². The second kappa shape index (κ2) is 3.95. The first kappa shape index (κ1) is 11.8. The fraction of sp³-hybridized carbons (Fsp3) is 0.462. The molecule has 0 spiro atoms. The summed E-state index contributed by atoms with van der Waals surface area (Å²) in [6.45, 7) is 9.55. The summed E-state index contributed by atoms with van der Waals surface area (Å²) in [5.41, 5.74) is 4.08. The van der Waals surface area contributed by atoms with E-state index in [1.165, 1.54) is 0 Å². The normalized spacial score (nSPS) is 11.4. The molecule has 90 valence electrons. The van der Waals surface area contributed by atoms with E-state index in [9.17, 15) is 4.79 Å². The molecule has 0 amide bonds. The zero-order chi connectivity index (χ0) is 12.7. The zero-order valence-electron chi connectivity index (χ0n) is 10.9. The van der Waals surface area contributed by atoms with Gasteiger partial charge in [0, 0.05) is 11.4 Å². The van der Waals surface area contributed by atoms with Gasteiger partial charge in [0.1, 0.15) is 0 Å². The molecule has 4 nitrogen and oxygen atoms in total. The van der Waals surface area contributed by atoms with Crippen LogP contribution < -0.4 is 0 Å². The molecule has 0 aliphatic heterocycles. The van der Waals surface area contributed by atoms with Crippen molar-refractivity contribution in [3.05, 3.63) is 28.7 Å². The predicted octanol–water partition coefficient (Wildman–Crippen LogP) is 2.67. The zero-order valence-corrected chi connectivity index (χ0v) is 10.9. The lowest BCUT2D eigenvalue weighted by Gasteiger charge is -2.01. The summed E-state index contributed by atoms with van der Waals surface area (Å²) in [5.74, 6) is 0.247. The summed E-state index contributed by atoms with van der Waals surface area (Å²) in [7, 11) is 0. The first-order chi connectivity index (χ1) is 7.91. The molecule has 0 unspecified atom stereocenters. The molecule has 2 rings (SSSR count). The summed E-state index contributed by atoms with van der Waals surface area (Å²) in [6.07, 6.45) is 0. The van der Waals surface area contributed by atoms with Crippen LogP contribution in [0.4, 0.5) is 0 Å². The molecular formula is C13H17N3O. The number of carbonyl (C=O) groups is 1. The van der Waals surface area contributed by atoms with E-state index in [1.54, 1.807) is 11.4 Å². The van der Waals surface area contributed by atoms with Gasteiger partial charge in [-0.25, -0.2) is 9.50 Å². The number of rotatable bonds is 2. The largest absolute Gasteiger partial charge is 0.294 e. The fourth-order valence-corrected chi connectivity index (χ4v) is 2.08. The molecule has 2 heterocycles. The molecule has 0 fully saturated rings. The number of aromatic nitrogens is 3. The van der Waals surface area contributed by atoms with Crippen molar-refractivity contribution in [2.75, 3.05) is 0 Å². The van der Waals surface area contributed by atoms with Crippen LogP contribution in [0.1, 0.15) is 54.1 Å². The van der Waals surface area contributed by atoms with Crippen LogP contribution in [0.5, 0.6) is 0 Å². The highest BCUT2D eigenvalue weighted by Gasteiger charge is 2.20. The Morgan fingerprint density at radius 2 is 2.00 bits per heavy atom. The molecular weight excluding hydrogens is 214 g/mol. The standard InChI is InChI=1S/C13H17N3O/c1-7(2)12-11(10(5)17)13-14-8(3)6-9(4)16(13)15-12/h6-7H,1-5H3. The lowest BCUT2D eigenvalue weighted by Crippen LogP contribution is -2.00. The number of Topliss-reactive ketones (excluding diaryl/α,β-unsaturated/α-hetero) is 1. The van der Waals surface area contributed by atoms with E-state index in [1.807, 2.05) is 33.8 Å². The maximum Gasteiger partial charge on any atom is 0.166 e. The number of ketones is 1. The Morgan fingerprint density at radius 3 is 2.53 bits per heavy atom. The van der Waals surface area contributed by atoms with Gasteiger partial charge in [-0.1, -0.05) is 13.8 Å². The average molecular weight is 231 g/mol. The van der Waals surface area contributed by atoms with Crippen LogP contribution in [0.2, 0.25) is 0 Å². The lowest BCUT2D eigenvalue weighted by molar-refractivity contribution is 0.101. The van der Waals surface area contributed by atoms with E-state index in [0.29, 0.717) is 11.2 Å². The maximum absolute atomic E-state index is 11.8. The van der Waals surface area contributed by atoms with Crippen LogP contribution in [0.25, 0.3) is 5.65 Å². The Bertz CT molecular complexity index is 596. The molecule has 0 aromatic carbocycles. The highest BCUT2D eigenvalue weighted by atomic mass is 16.1. The number of hydrogen-bond acceptors (Lipinski definition) is 3. The highest BCUT2D eigenvalue weighted by Crippen LogP contribution is 2.23. The number of hydrogen-bond donors (Lipinski definition) is 0. The van der Waals surface area contributed by atoms with Crippen LogP contribution in [-0.2, 0) is 0 Å². The van der Waals surface area contributed by atoms with Gasteiger partial charge in [-0.3, -0.25) is 4.79 Å². The summed E-state index contributed by atoms with van der Waals surface area (Å²) in [4.78, 5) is 16.2. The SMILES string of the molecule is CC(=O)c1c(C(C)C)nn2c(C)cc(C)nc12. The first-order valence-electron chi connectivity index (χ1n) is 5.79. The average Bonchev–Trinajstić information content (AvgIpc) is 2.56. The Hall–Kier alpha value is -1.71. The van der Waals surface area contributed by atoms with Gasteiger partial charge < -0.3 is 0 Å². The van der Waals surface area contributed by atoms with Gasteiger partial charge in [0.25, 0.3) is 0 Å². The molecule has 0 saturated carbocycles. The van der Waals surface area contributed by atoms with Crippen molar-refractivity contribution >= 4 is 11.4 Å². The van der Waals surface area contributed by atoms with Crippen molar-refractivity contribution in [3.63, 3.8) is 0 Å². The van der Waals surface area contributed by atoms with Crippen LogP contribution in [-0.4, -0.2) is 20.4 Å². The molecule has 0 saturated heterocycles. The molecule has 0 atom stereocenters. The summed E-state index contributed by atoms with van der Waals surface area (Å²) in [5, 5.41) is 4.51. The number of aryl methyl sites for hydroxylation is 2.